The van der Waals surface area contributed by atoms with Gasteiger partial charge in [0.25, 0.3) is 11.5 Å². The van der Waals surface area contributed by atoms with Crippen molar-refractivity contribution in [1.82, 2.24) is 15.0 Å². The van der Waals surface area contributed by atoms with Gasteiger partial charge in [0, 0.05) is 4.47 Å². The third kappa shape index (κ3) is 5.12. The van der Waals surface area contributed by atoms with Gasteiger partial charge in [-0.3, -0.25) is 14.2 Å². The van der Waals surface area contributed by atoms with Crippen molar-refractivity contribution < 1.29 is 9.18 Å². The van der Waals surface area contributed by atoms with Crippen LogP contribution in [-0.4, -0.2) is 27.4 Å². The van der Waals surface area contributed by atoms with Crippen molar-refractivity contribution >= 4 is 50.7 Å². The zero-order valence-electron chi connectivity index (χ0n) is 16.5. The maximum atomic E-state index is 13.2. The summed E-state index contributed by atoms with van der Waals surface area (Å²) in [4.78, 5) is 30.1. The number of hydrazone groups is 1. The molecule has 0 aliphatic carbocycles. The maximum Gasteiger partial charge on any atom is 0.266 e. The first kappa shape index (κ1) is 21.9. The molecule has 0 aliphatic heterocycles. The normalized spacial score (nSPS) is 11.2. The zero-order chi connectivity index (χ0) is 22.5. The molecule has 1 amide bonds. The minimum absolute atomic E-state index is 0.0121. The lowest BCUT2D eigenvalue weighted by Gasteiger charge is -2.13. The molecule has 1 aromatic heterocycles. The standard InChI is InChI=1S/C23H16BrFN4O2S/c24-16-8-10-18(11-9-16)29-22(31)19-6-1-2-7-20(19)27-23(29)32-14-21(30)28-26-13-15-4-3-5-17(25)12-15/h1-13H,14H2,(H,28,30)/b26-13+. The van der Waals surface area contributed by atoms with Gasteiger partial charge in [-0.25, -0.2) is 14.8 Å². The number of carbonyl (C=O) groups is 1. The number of carbonyl (C=O) groups excluding carboxylic acids is 1. The van der Waals surface area contributed by atoms with E-state index in [4.69, 9.17) is 0 Å². The molecule has 0 saturated carbocycles. The van der Waals surface area contributed by atoms with E-state index in [1.54, 1.807) is 48.5 Å². The molecular formula is C23H16BrFN4O2S. The summed E-state index contributed by atoms with van der Waals surface area (Å²) < 4.78 is 15.6. The molecule has 0 bridgehead atoms. The molecule has 0 fully saturated rings. The van der Waals surface area contributed by atoms with E-state index in [0.29, 0.717) is 27.3 Å². The first-order chi connectivity index (χ1) is 15.5. The quantitative estimate of drug-likeness (QED) is 0.179. The first-order valence-electron chi connectivity index (χ1n) is 9.49. The predicted molar refractivity (Wildman–Crippen MR) is 128 cm³/mol. The molecule has 4 aromatic rings. The van der Waals surface area contributed by atoms with Crippen molar-refractivity contribution in [1.29, 1.82) is 0 Å². The predicted octanol–water partition coefficient (Wildman–Crippen LogP) is 4.53. The number of halogens is 2. The van der Waals surface area contributed by atoms with E-state index in [2.05, 4.69) is 31.4 Å². The van der Waals surface area contributed by atoms with Gasteiger partial charge in [-0.2, -0.15) is 5.10 Å². The Kier molecular flexibility index (Phi) is 6.77. The second kappa shape index (κ2) is 9.88. The van der Waals surface area contributed by atoms with Crippen LogP contribution in [0.4, 0.5) is 4.39 Å². The molecule has 0 spiro atoms. The summed E-state index contributed by atoms with van der Waals surface area (Å²) in [5.74, 6) is -0.779. The van der Waals surface area contributed by atoms with Crippen LogP contribution in [-0.2, 0) is 4.79 Å². The van der Waals surface area contributed by atoms with Gasteiger partial charge in [0.2, 0.25) is 0 Å². The molecule has 3 aromatic carbocycles. The van der Waals surface area contributed by atoms with Gasteiger partial charge in [0.1, 0.15) is 5.82 Å². The topological polar surface area (TPSA) is 76.3 Å². The van der Waals surface area contributed by atoms with Crippen LogP contribution in [0.5, 0.6) is 0 Å². The largest absolute Gasteiger partial charge is 0.272 e. The van der Waals surface area contributed by atoms with E-state index < -0.39 is 0 Å². The number of aromatic nitrogens is 2. The van der Waals surface area contributed by atoms with Gasteiger partial charge in [-0.05, 0) is 54.1 Å². The summed E-state index contributed by atoms with van der Waals surface area (Å²) in [5, 5.41) is 4.73. The fraction of sp³-hybridized carbons (Fsp3) is 0.0435. The van der Waals surface area contributed by atoms with Crippen LogP contribution in [0.2, 0.25) is 0 Å². The molecule has 0 atom stereocenters. The molecule has 1 N–H and O–H groups in total. The zero-order valence-corrected chi connectivity index (χ0v) is 18.9. The van der Waals surface area contributed by atoms with Gasteiger partial charge in [-0.15, -0.1) is 0 Å². The van der Waals surface area contributed by atoms with Gasteiger partial charge < -0.3 is 0 Å². The molecule has 6 nitrogen and oxygen atoms in total. The third-order valence-corrected chi connectivity index (χ3v) is 5.88. The number of nitrogens with one attached hydrogen (secondary N) is 1. The number of hydrogen-bond donors (Lipinski definition) is 1. The first-order valence-corrected chi connectivity index (χ1v) is 11.3. The summed E-state index contributed by atoms with van der Waals surface area (Å²) >= 11 is 4.52. The molecule has 4 rings (SSSR count). The Morgan fingerprint density at radius 1 is 1.12 bits per heavy atom. The second-order valence-corrected chi connectivity index (χ2v) is 8.52. The lowest BCUT2D eigenvalue weighted by Crippen LogP contribution is -2.24. The second-order valence-electron chi connectivity index (χ2n) is 6.67. The third-order valence-electron chi connectivity index (χ3n) is 4.41. The van der Waals surface area contributed by atoms with Gasteiger partial charge in [0.05, 0.1) is 28.6 Å². The molecule has 0 aliphatic rings. The molecule has 0 unspecified atom stereocenters. The van der Waals surface area contributed by atoms with E-state index in [1.165, 1.54) is 22.9 Å². The molecule has 160 valence electrons. The minimum Gasteiger partial charge on any atom is -0.272 e. The van der Waals surface area contributed by atoms with Crippen LogP contribution >= 0.6 is 27.7 Å². The van der Waals surface area contributed by atoms with Gasteiger partial charge >= 0.3 is 0 Å². The van der Waals surface area contributed by atoms with Crippen LogP contribution in [0.3, 0.4) is 0 Å². The summed E-state index contributed by atoms with van der Waals surface area (Å²) in [5.41, 5.74) is 3.91. The number of amides is 1. The SMILES string of the molecule is O=C(CSc1nc2ccccc2c(=O)n1-c1ccc(Br)cc1)N/N=C/c1cccc(F)c1. The van der Waals surface area contributed by atoms with E-state index in [1.807, 2.05) is 12.1 Å². The summed E-state index contributed by atoms with van der Waals surface area (Å²) in [6, 6.07) is 20.2. The molecule has 32 heavy (non-hydrogen) atoms. The van der Waals surface area contributed by atoms with E-state index in [0.717, 1.165) is 16.2 Å². The van der Waals surface area contributed by atoms with Crippen molar-refractivity contribution in [3.8, 4) is 5.69 Å². The van der Waals surface area contributed by atoms with Crippen LogP contribution in [0.25, 0.3) is 16.6 Å². The monoisotopic (exact) mass is 510 g/mol. The number of rotatable bonds is 6. The average Bonchev–Trinajstić information content (AvgIpc) is 2.79. The van der Waals surface area contributed by atoms with Gasteiger partial charge in [-0.1, -0.05) is 52.0 Å². The Morgan fingerprint density at radius 3 is 2.69 bits per heavy atom. The van der Waals surface area contributed by atoms with Crippen molar-refractivity contribution in [2.24, 2.45) is 5.10 Å². The van der Waals surface area contributed by atoms with E-state index in [9.17, 15) is 14.0 Å². The smallest absolute Gasteiger partial charge is 0.266 e. The number of benzene rings is 3. The van der Waals surface area contributed by atoms with E-state index >= 15 is 0 Å². The van der Waals surface area contributed by atoms with Crippen molar-refractivity contribution in [3.05, 3.63) is 99.0 Å². The highest BCUT2D eigenvalue weighted by atomic mass is 79.9. The fourth-order valence-corrected chi connectivity index (χ4v) is 4.02. The number of hydrogen-bond acceptors (Lipinski definition) is 5. The highest BCUT2D eigenvalue weighted by molar-refractivity contribution is 9.10. The van der Waals surface area contributed by atoms with Crippen molar-refractivity contribution in [2.45, 2.75) is 5.16 Å². The molecule has 0 saturated heterocycles. The molecule has 0 radical (unpaired) electrons. The number of nitrogens with zero attached hydrogens (tertiary/aromatic N) is 3. The fourth-order valence-electron chi connectivity index (χ4n) is 2.96. The minimum atomic E-state index is -0.385. The van der Waals surface area contributed by atoms with Crippen LogP contribution < -0.4 is 11.0 Å². The maximum absolute atomic E-state index is 13.2. The lowest BCUT2D eigenvalue weighted by atomic mass is 10.2. The van der Waals surface area contributed by atoms with Crippen molar-refractivity contribution in [2.75, 3.05) is 5.75 Å². The molecular weight excluding hydrogens is 495 g/mol. The summed E-state index contributed by atoms with van der Waals surface area (Å²) in [6.45, 7) is 0. The Balaban J connectivity index is 1.56. The number of para-hydroxylation sites is 1. The van der Waals surface area contributed by atoms with E-state index in [-0.39, 0.29) is 23.0 Å². The van der Waals surface area contributed by atoms with Crippen LogP contribution in [0, 0.1) is 5.82 Å². The highest BCUT2D eigenvalue weighted by Crippen LogP contribution is 2.22. The average molecular weight is 511 g/mol. The highest BCUT2D eigenvalue weighted by Gasteiger charge is 2.14. The van der Waals surface area contributed by atoms with Crippen molar-refractivity contribution in [3.63, 3.8) is 0 Å². The van der Waals surface area contributed by atoms with Gasteiger partial charge in [0.15, 0.2) is 5.16 Å². The lowest BCUT2D eigenvalue weighted by molar-refractivity contribution is -0.118. The Morgan fingerprint density at radius 2 is 1.91 bits per heavy atom. The number of thioether (sulfide) groups is 1. The summed E-state index contributed by atoms with van der Waals surface area (Å²) in [7, 11) is 0. The molecule has 9 heteroatoms. The number of fused-ring (bicyclic) bond motifs is 1. The van der Waals surface area contributed by atoms with Crippen LogP contribution in [0.1, 0.15) is 5.56 Å². The Labute approximate surface area is 195 Å². The Bertz CT molecular complexity index is 1370. The Hall–Kier alpha value is -3.30. The summed E-state index contributed by atoms with van der Waals surface area (Å²) in [6.07, 6.45) is 1.36. The van der Waals surface area contributed by atoms with Crippen LogP contribution in [0.15, 0.2) is 92.3 Å². The molecule has 1 heterocycles.